The number of aromatic amines is 1. The monoisotopic (exact) mass is 445 g/mol. The van der Waals surface area contributed by atoms with Gasteiger partial charge in [0.15, 0.2) is 10.8 Å². The highest BCUT2D eigenvalue weighted by Gasteiger charge is 2.16. The van der Waals surface area contributed by atoms with E-state index in [1.54, 1.807) is 4.68 Å². The van der Waals surface area contributed by atoms with E-state index >= 15 is 0 Å². The van der Waals surface area contributed by atoms with Gasteiger partial charge in [-0.1, -0.05) is 48.2 Å². The summed E-state index contributed by atoms with van der Waals surface area (Å²) in [6.07, 6.45) is 1.49. The van der Waals surface area contributed by atoms with Crippen LogP contribution in [0.25, 0.3) is 27.7 Å². The highest BCUT2D eigenvalue weighted by Crippen LogP contribution is 2.24. The lowest BCUT2D eigenvalue weighted by molar-refractivity contribution is -0.119. The zero-order valence-corrected chi connectivity index (χ0v) is 17.9. The second-order valence-corrected chi connectivity index (χ2v) is 8.23. The summed E-state index contributed by atoms with van der Waals surface area (Å²) in [5.74, 6) is 0.588. The largest absolute Gasteiger partial charge is 0.459 e. The molecule has 32 heavy (non-hydrogen) atoms. The molecule has 1 unspecified atom stereocenters. The third-order valence-electron chi connectivity index (χ3n) is 5.01. The first kappa shape index (κ1) is 20.1. The fourth-order valence-corrected chi connectivity index (χ4v) is 4.10. The molecule has 1 amide bonds. The van der Waals surface area contributed by atoms with E-state index in [0.29, 0.717) is 22.0 Å². The molecule has 160 valence electrons. The minimum Gasteiger partial charge on any atom is -0.459 e. The Kier molecular flexibility index (Phi) is 5.24. The quantitative estimate of drug-likeness (QED) is 0.304. The van der Waals surface area contributed by atoms with E-state index in [4.69, 9.17) is 4.42 Å². The number of fused-ring (bicyclic) bond motifs is 2. The lowest BCUT2D eigenvalue weighted by atomic mass is 10.2. The molecule has 3 heterocycles. The SMILES string of the molecule is CC(NC(=O)CSc1nc2c(cnn2-c2ccccc2)c(=O)[nH]1)c1cc2ccccc2o1. The number of para-hydroxylation sites is 2. The van der Waals surface area contributed by atoms with Gasteiger partial charge in [-0.25, -0.2) is 9.67 Å². The summed E-state index contributed by atoms with van der Waals surface area (Å²) >= 11 is 1.16. The number of furan rings is 1. The molecule has 8 nitrogen and oxygen atoms in total. The van der Waals surface area contributed by atoms with Crippen molar-refractivity contribution in [2.24, 2.45) is 0 Å². The second kappa shape index (κ2) is 8.35. The van der Waals surface area contributed by atoms with Crippen LogP contribution in [0.4, 0.5) is 0 Å². The number of hydrogen-bond acceptors (Lipinski definition) is 6. The molecule has 0 fully saturated rings. The number of carbonyl (C=O) groups excluding carboxylic acids is 1. The van der Waals surface area contributed by atoms with Crippen LogP contribution in [0.15, 0.2) is 81.2 Å². The maximum Gasteiger partial charge on any atom is 0.262 e. The topological polar surface area (TPSA) is 106 Å². The minimum atomic E-state index is -0.296. The number of aromatic nitrogens is 4. The number of H-pyrrole nitrogens is 1. The van der Waals surface area contributed by atoms with Crippen LogP contribution in [0.2, 0.25) is 0 Å². The van der Waals surface area contributed by atoms with Crippen molar-refractivity contribution in [1.29, 1.82) is 0 Å². The van der Waals surface area contributed by atoms with E-state index in [2.05, 4.69) is 20.4 Å². The molecule has 0 saturated heterocycles. The molecule has 3 aromatic heterocycles. The van der Waals surface area contributed by atoms with Crippen LogP contribution in [0.1, 0.15) is 18.7 Å². The van der Waals surface area contributed by atoms with E-state index < -0.39 is 0 Å². The van der Waals surface area contributed by atoms with Gasteiger partial charge in [0.2, 0.25) is 5.91 Å². The van der Waals surface area contributed by atoms with Crippen molar-refractivity contribution >= 4 is 39.7 Å². The molecule has 5 aromatic rings. The zero-order valence-electron chi connectivity index (χ0n) is 17.1. The number of thioether (sulfide) groups is 1. The van der Waals surface area contributed by atoms with Gasteiger partial charge in [-0.05, 0) is 31.2 Å². The van der Waals surface area contributed by atoms with Crippen molar-refractivity contribution in [2.45, 2.75) is 18.1 Å². The summed E-state index contributed by atoms with van der Waals surface area (Å²) in [6.45, 7) is 1.87. The van der Waals surface area contributed by atoms with Crippen LogP contribution in [0.3, 0.4) is 0 Å². The molecule has 2 N–H and O–H groups in total. The zero-order chi connectivity index (χ0) is 22.1. The number of nitrogens with one attached hydrogen (secondary N) is 2. The Morgan fingerprint density at radius 1 is 1.19 bits per heavy atom. The molecule has 0 radical (unpaired) electrons. The summed E-state index contributed by atoms with van der Waals surface area (Å²) in [5.41, 5.74) is 1.73. The number of hydrogen-bond donors (Lipinski definition) is 2. The van der Waals surface area contributed by atoms with Crippen LogP contribution in [0, 0.1) is 0 Å². The lowest BCUT2D eigenvalue weighted by Crippen LogP contribution is -2.28. The number of amides is 1. The van der Waals surface area contributed by atoms with Gasteiger partial charge in [0.25, 0.3) is 5.56 Å². The number of benzene rings is 2. The normalized spacial score (nSPS) is 12.3. The van der Waals surface area contributed by atoms with Crippen LogP contribution in [0.5, 0.6) is 0 Å². The molecule has 0 aliphatic heterocycles. The van der Waals surface area contributed by atoms with Gasteiger partial charge in [0.1, 0.15) is 16.7 Å². The molecule has 0 bridgehead atoms. The van der Waals surface area contributed by atoms with Gasteiger partial charge >= 0.3 is 0 Å². The van der Waals surface area contributed by atoms with Crippen LogP contribution < -0.4 is 10.9 Å². The van der Waals surface area contributed by atoms with Gasteiger partial charge in [0, 0.05) is 5.39 Å². The van der Waals surface area contributed by atoms with Gasteiger partial charge in [-0.3, -0.25) is 9.59 Å². The van der Waals surface area contributed by atoms with E-state index in [0.717, 1.165) is 28.4 Å². The molecule has 0 spiro atoms. The van der Waals surface area contributed by atoms with Crippen LogP contribution in [-0.2, 0) is 4.79 Å². The first-order valence-electron chi connectivity index (χ1n) is 10.0. The summed E-state index contributed by atoms with van der Waals surface area (Å²) in [4.78, 5) is 32.2. The molecule has 1 atom stereocenters. The highest BCUT2D eigenvalue weighted by molar-refractivity contribution is 7.99. The Balaban J connectivity index is 1.30. The van der Waals surface area contributed by atoms with Crippen molar-refractivity contribution in [3.05, 3.63) is 83.0 Å². The predicted octanol–water partition coefficient (Wildman–Crippen LogP) is 3.82. The molecule has 0 aliphatic carbocycles. The maximum absolute atomic E-state index is 12.5. The van der Waals surface area contributed by atoms with Crippen LogP contribution in [-0.4, -0.2) is 31.4 Å². The van der Waals surface area contributed by atoms with Gasteiger partial charge in [0.05, 0.1) is 23.7 Å². The molecule has 0 aliphatic rings. The van der Waals surface area contributed by atoms with Crippen molar-refractivity contribution in [3.8, 4) is 5.69 Å². The predicted molar refractivity (Wildman–Crippen MR) is 123 cm³/mol. The fourth-order valence-electron chi connectivity index (χ4n) is 3.43. The van der Waals surface area contributed by atoms with Crippen molar-refractivity contribution in [3.63, 3.8) is 0 Å². The van der Waals surface area contributed by atoms with Crippen molar-refractivity contribution in [2.75, 3.05) is 5.75 Å². The number of rotatable bonds is 6. The van der Waals surface area contributed by atoms with Gasteiger partial charge in [-0.2, -0.15) is 5.10 Å². The Hall–Kier alpha value is -3.85. The molecule has 5 rings (SSSR count). The van der Waals surface area contributed by atoms with E-state index in [-0.39, 0.29) is 23.3 Å². The smallest absolute Gasteiger partial charge is 0.262 e. The van der Waals surface area contributed by atoms with E-state index in [9.17, 15) is 9.59 Å². The first-order chi connectivity index (χ1) is 15.6. The Labute approximate surface area is 186 Å². The summed E-state index contributed by atoms with van der Waals surface area (Å²) in [6, 6.07) is 18.8. The molecule has 0 saturated carbocycles. The van der Waals surface area contributed by atoms with E-state index in [1.807, 2.05) is 67.6 Å². The van der Waals surface area contributed by atoms with Crippen LogP contribution >= 0.6 is 11.8 Å². The third kappa shape index (κ3) is 3.90. The standard InChI is InChI=1S/C23H19N5O3S/c1-14(19-11-15-7-5-6-10-18(15)31-19)25-20(29)13-32-23-26-21-17(22(30)27-23)12-24-28(21)16-8-3-2-4-9-16/h2-12,14H,13H2,1H3,(H,25,29)(H,26,27,30). The fraction of sp³-hybridized carbons (Fsp3) is 0.130. The Bertz CT molecular complexity index is 1440. The number of carbonyl (C=O) groups is 1. The molecular weight excluding hydrogens is 426 g/mol. The minimum absolute atomic E-state index is 0.0957. The lowest BCUT2D eigenvalue weighted by Gasteiger charge is -2.11. The van der Waals surface area contributed by atoms with E-state index in [1.165, 1.54) is 6.20 Å². The third-order valence-corrected chi connectivity index (χ3v) is 5.88. The molecule has 2 aromatic carbocycles. The highest BCUT2D eigenvalue weighted by atomic mass is 32.2. The van der Waals surface area contributed by atoms with Crippen molar-refractivity contribution in [1.82, 2.24) is 25.1 Å². The maximum atomic E-state index is 12.5. The summed E-state index contributed by atoms with van der Waals surface area (Å²) < 4.78 is 7.42. The Morgan fingerprint density at radius 3 is 2.78 bits per heavy atom. The Morgan fingerprint density at radius 2 is 1.97 bits per heavy atom. The summed E-state index contributed by atoms with van der Waals surface area (Å²) in [5, 5.41) is 8.94. The van der Waals surface area contributed by atoms with Gasteiger partial charge < -0.3 is 14.7 Å². The summed E-state index contributed by atoms with van der Waals surface area (Å²) in [7, 11) is 0. The average molecular weight is 446 g/mol. The second-order valence-electron chi connectivity index (χ2n) is 7.26. The molecule has 9 heteroatoms. The van der Waals surface area contributed by atoms with Crippen molar-refractivity contribution < 1.29 is 9.21 Å². The number of nitrogens with zero attached hydrogens (tertiary/aromatic N) is 3. The average Bonchev–Trinajstić information content (AvgIpc) is 3.43. The van der Waals surface area contributed by atoms with Gasteiger partial charge in [-0.15, -0.1) is 0 Å². The molecular formula is C23H19N5O3S. The first-order valence-corrected chi connectivity index (χ1v) is 11.0.